The predicted molar refractivity (Wildman–Crippen MR) is 102 cm³/mol. The highest BCUT2D eigenvalue weighted by Crippen LogP contribution is 2.25. The van der Waals surface area contributed by atoms with E-state index in [0.717, 1.165) is 29.4 Å². The first-order chi connectivity index (χ1) is 12.1. The van der Waals surface area contributed by atoms with Crippen LogP contribution >= 0.6 is 0 Å². The lowest BCUT2D eigenvalue weighted by molar-refractivity contribution is 0.423. The monoisotopic (exact) mass is 339 g/mol. The van der Waals surface area contributed by atoms with Gasteiger partial charge in [-0.1, -0.05) is 25.3 Å². The van der Waals surface area contributed by atoms with Crippen molar-refractivity contribution in [1.82, 2.24) is 20.3 Å². The SMILES string of the molecule is Cc1nc(N(C)C2CCCCC2)ncc1C(C)NCc1ccccn1. The highest BCUT2D eigenvalue weighted by Gasteiger charge is 2.21. The molecular weight excluding hydrogens is 310 g/mol. The van der Waals surface area contributed by atoms with Crippen LogP contribution in [-0.2, 0) is 6.54 Å². The van der Waals surface area contributed by atoms with Gasteiger partial charge in [0.05, 0.1) is 5.69 Å². The number of nitrogens with one attached hydrogen (secondary N) is 1. The van der Waals surface area contributed by atoms with Crippen molar-refractivity contribution < 1.29 is 0 Å². The van der Waals surface area contributed by atoms with E-state index in [1.807, 2.05) is 30.6 Å². The van der Waals surface area contributed by atoms with Gasteiger partial charge < -0.3 is 10.2 Å². The Morgan fingerprint density at radius 3 is 2.68 bits per heavy atom. The molecule has 0 radical (unpaired) electrons. The van der Waals surface area contributed by atoms with E-state index in [1.165, 1.54) is 32.1 Å². The van der Waals surface area contributed by atoms with Crippen LogP contribution in [0.2, 0.25) is 0 Å². The van der Waals surface area contributed by atoms with Gasteiger partial charge in [0.2, 0.25) is 5.95 Å². The number of hydrogen-bond acceptors (Lipinski definition) is 5. The van der Waals surface area contributed by atoms with Crippen LogP contribution in [0, 0.1) is 6.92 Å². The lowest BCUT2D eigenvalue weighted by atomic mass is 9.95. The molecular formula is C20H29N5. The van der Waals surface area contributed by atoms with Crippen LogP contribution in [0.3, 0.4) is 0 Å². The zero-order valence-corrected chi connectivity index (χ0v) is 15.6. The molecule has 5 nitrogen and oxygen atoms in total. The maximum absolute atomic E-state index is 4.78. The van der Waals surface area contributed by atoms with E-state index in [9.17, 15) is 0 Å². The van der Waals surface area contributed by atoms with Crippen molar-refractivity contribution in [1.29, 1.82) is 0 Å². The number of pyridine rings is 1. The van der Waals surface area contributed by atoms with Crippen molar-refractivity contribution in [3.05, 3.63) is 47.5 Å². The largest absolute Gasteiger partial charge is 0.341 e. The molecule has 3 rings (SSSR count). The lowest BCUT2D eigenvalue weighted by Crippen LogP contribution is -2.34. The molecule has 1 atom stereocenters. The minimum Gasteiger partial charge on any atom is -0.341 e. The summed E-state index contributed by atoms with van der Waals surface area (Å²) in [5, 5.41) is 3.51. The Bertz CT molecular complexity index is 667. The summed E-state index contributed by atoms with van der Waals surface area (Å²) in [5.74, 6) is 0.852. The molecule has 5 heteroatoms. The average molecular weight is 339 g/mol. The van der Waals surface area contributed by atoms with Crippen LogP contribution in [0.15, 0.2) is 30.6 Å². The highest BCUT2D eigenvalue weighted by molar-refractivity contribution is 5.34. The molecule has 1 fully saturated rings. The summed E-state index contributed by atoms with van der Waals surface area (Å²) < 4.78 is 0. The molecule has 1 saturated carbocycles. The van der Waals surface area contributed by atoms with E-state index in [2.05, 4.69) is 41.1 Å². The number of anilines is 1. The van der Waals surface area contributed by atoms with Gasteiger partial charge in [0, 0.05) is 49.3 Å². The van der Waals surface area contributed by atoms with Crippen LogP contribution in [0.4, 0.5) is 5.95 Å². The number of aryl methyl sites for hydroxylation is 1. The number of hydrogen-bond donors (Lipinski definition) is 1. The molecule has 0 bridgehead atoms. The molecule has 2 aromatic heterocycles. The molecule has 2 aromatic rings. The van der Waals surface area contributed by atoms with Crippen LogP contribution < -0.4 is 10.2 Å². The van der Waals surface area contributed by atoms with E-state index in [1.54, 1.807) is 0 Å². The fourth-order valence-corrected chi connectivity index (χ4v) is 3.56. The molecule has 0 saturated heterocycles. The summed E-state index contributed by atoms with van der Waals surface area (Å²) in [6, 6.07) is 6.76. The van der Waals surface area contributed by atoms with E-state index in [4.69, 9.17) is 4.98 Å². The zero-order valence-electron chi connectivity index (χ0n) is 15.6. The number of aromatic nitrogens is 3. The van der Waals surface area contributed by atoms with Crippen molar-refractivity contribution in [2.75, 3.05) is 11.9 Å². The van der Waals surface area contributed by atoms with Crippen LogP contribution in [0.25, 0.3) is 0 Å². The Morgan fingerprint density at radius 1 is 1.20 bits per heavy atom. The van der Waals surface area contributed by atoms with Gasteiger partial charge in [0.1, 0.15) is 0 Å². The van der Waals surface area contributed by atoms with Gasteiger partial charge in [-0.25, -0.2) is 9.97 Å². The normalized spacial score (nSPS) is 16.6. The zero-order chi connectivity index (χ0) is 17.6. The maximum Gasteiger partial charge on any atom is 0.225 e. The number of rotatable bonds is 6. The Kier molecular flexibility index (Phi) is 5.97. The number of nitrogens with zero attached hydrogens (tertiary/aromatic N) is 4. The topological polar surface area (TPSA) is 53.9 Å². The molecule has 2 heterocycles. The summed E-state index contributed by atoms with van der Waals surface area (Å²) in [7, 11) is 2.13. The lowest BCUT2D eigenvalue weighted by Gasteiger charge is -2.31. The maximum atomic E-state index is 4.78. The first-order valence-electron chi connectivity index (χ1n) is 9.35. The Labute approximate surface area is 150 Å². The van der Waals surface area contributed by atoms with Gasteiger partial charge >= 0.3 is 0 Å². The molecule has 0 spiro atoms. The van der Waals surface area contributed by atoms with Gasteiger partial charge in [-0.15, -0.1) is 0 Å². The van der Waals surface area contributed by atoms with Gasteiger partial charge in [-0.2, -0.15) is 0 Å². The molecule has 134 valence electrons. The van der Waals surface area contributed by atoms with Crippen molar-refractivity contribution in [3.63, 3.8) is 0 Å². The second-order valence-corrected chi connectivity index (χ2v) is 7.04. The second-order valence-electron chi connectivity index (χ2n) is 7.04. The van der Waals surface area contributed by atoms with E-state index >= 15 is 0 Å². The van der Waals surface area contributed by atoms with Gasteiger partial charge in [0.25, 0.3) is 0 Å². The van der Waals surface area contributed by atoms with Gasteiger partial charge in [-0.3, -0.25) is 4.98 Å². The van der Waals surface area contributed by atoms with Crippen molar-refractivity contribution >= 4 is 5.95 Å². The molecule has 0 aliphatic heterocycles. The second kappa shape index (κ2) is 8.39. The summed E-state index contributed by atoms with van der Waals surface area (Å²) >= 11 is 0. The molecule has 25 heavy (non-hydrogen) atoms. The smallest absolute Gasteiger partial charge is 0.225 e. The van der Waals surface area contributed by atoms with E-state index in [0.29, 0.717) is 6.04 Å². The first kappa shape index (κ1) is 17.8. The Hall–Kier alpha value is -2.01. The molecule has 1 unspecified atom stereocenters. The molecule has 0 aromatic carbocycles. The minimum atomic E-state index is 0.191. The first-order valence-corrected chi connectivity index (χ1v) is 9.35. The summed E-state index contributed by atoms with van der Waals surface area (Å²) in [4.78, 5) is 16.1. The van der Waals surface area contributed by atoms with Gasteiger partial charge in [-0.05, 0) is 38.8 Å². The average Bonchev–Trinajstić information content (AvgIpc) is 2.67. The van der Waals surface area contributed by atoms with Crippen LogP contribution in [-0.4, -0.2) is 28.0 Å². The van der Waals surface area contributed by atoms with Crippen molar-refractivity contribution in [2.45, 2.75) is 64.6 Å². The summed E-state index contributed by atoms with van der Waals surface area (Å²) in [6.07, 6.45) is 10.3. The Balaban J connectivity index is 1.64. The fourth-order valence-electron chi connectivity index (χ4n) is 3.56. The quantitative estimate of drug-likeness (QED) is 0.867. The van der Waals surface area contributed by atoms with Crippen molar-refractivity contribution in [2.24, 2.45) is 0 Å². The van der Waals surface area contributed by atoms with E-state index in [-0.39, 0.29) is 6.04 Å². The summed E-state index contributed by atoms with van der Waals surface area (Å²) in [6.45, 7) is 4.97. The molecule has 1 aliphatic carbocycles. The van der Waals surface area contributed by atoms with Crippen molar-refractivity contribution in [3.8, 4) is 0 Å². The standard InChI is InChI=1S/C20H29N5/c1-15(22-13-17-9-7-8-12-21-17)19-14-23-20(24-16(19)2)25(3)18-10-5-4-6-11-18/h7-9,12,14-15,18,22H,4-6,10-11,13H2,1-3H3. The Morgan fingerprint density at radius 2 is 2.00 bits per heavy atom. The van der Waals surface area contributed by atoms with E-state index < -0.39 is 0 Å². The molecule has 0 amide bonds. The van der Waals surface area contributed by atoms with Crippen LogP contribution in [0.5, 0.6) is 0 Å². The minimum absolute atomic E-state index is 0.191. The third-order valence-corrected chi connectivity index (χ3v) is 5.22. The molecule has 1 aliphatic rings. The fraction of sp³-hybridized carbons (Fsp3) is 0.550. The van der Waals surface area contributed by atoms with Crippen LogP contribution in [0.1, 0.15) is 62.0 Å². The highest BCUT2D eigenvalue weighted by atomic mass is 15.3. The predicted octanol–water partition coefficient (Wildman–Crippen LogP) is 3.80. The third kappa shape index (κ3) is 4.54. The third-order valence-electron chi connectivity index (χ3n) is 5.22. The molecule has 1 N–H and O–H groups in total. The van der Waals surface area contributed by atoms with Gasteiger partial charge in [0.15, 0.2) is 0 Å². The summed E-state index contributed by atoms with van der Waals surface area (Å²) in [5.41, 5.74) is 3.24.